The number of benzene rings is 1. The highest BCUT2D eigenvalue weighted by Crippen LogP contribution is 2.21. The lowest BCUT2D eigenvalue weighted by atomic mass is 9.98. The normalized spacial score (nSPS) is 23.6. The molecule has 4 nitrogen and oxygen atoms in total. The number of para-hydroxylation sites is 1. The quantitative estimate of drug-likeness (QED) is 0.925. The molecule has 1 aliphatic heterocycles. The Hall–Kier alpha value is -1.39. The molecule has 21 heavy (non-hydrogen) atoms. The summed E-state index contributed by atoms with van der Waals surface area (Å²) in [4.78, 5) is 16.5. The fourth-order valence-electron chi connectivity index (χ4n) is 2.86. The molecule has 0 radical (unpaired) electrons. The summed E-state index contributed by atoms with van der Waals surface area (Å²) in [6, 6.07) is 9.80. The van der Waals surface area contributed by atoms with Gasteiger partial charge in [0.15, 0.2) is 0 Å². The van der Waals surface area contributed by atoms with Gasteiger partial charge in [-0.1, -0.05) is 18.2 Å². The summed E-state index contributed by atoms with van der Waals surface area (Å²) < 4.78 is 0. The van der Waals surface area contributed by atoms with E-state index in [0.29, 0.717) is 13.1 Å². The minimum atomic E-state index is -0.582. The van der Waals surface area contributed by atoms with Gasteiger partial charge in [-0.2, -0.15) is 0 Å². The number of likely N-dealkylation sites (N-methyl/N-ethyl adjacent to an activating group) is 1. The summed E-state index contributed by atoms with van der Waals surface area (Å²) >= 11 is 0. The first-order valence-corrected chi connectivity index (χ1v) is 7.82. The van der Waals surface area contributed by atoms with Crippen LogP contribution < -0.4 is 4.90 Å². The molecule has 1 unspecified atom stereocenters. The third-order valence-electron chi connectivity index (χ3n) is 4.20. The van der Waals surface area contributed by atoms with Crippen molar-refractivity contribution < 1.29 is 9.90 Å². The number of hydrogen-bond acceptors (Lipinski definition) is 3. The van der Waals surface area contributed by atoms with Gasteiger partial charge in [-0.25, -0.2) is 0 Å². The van der Waals surface area contributed by atoms with E-state index in [0.717, 1.165) is 38.0 Å². The van der Waals surface area contributed by atoms with Crippen LogP contribution in [0.3, 0.4) is 0 Å². The number of nitrogens with zero attached hydrogens (tertiary/aromatic N) is 2. The predicted octanol–water partition coefficient (Wildman–Crippen LogP) is 2.28. The zero-order valence-electron chi connectivity index (χ0n) is 13.1. The van der Waals surface area contributed by atoms with Crippen molar-refractivity contribution in [1.29, 1.82) is 0 Å². The van der Waals surface area contributed by atoms with Crippen LogP contribution in [0.25, 0.3) is 0 Å². The molecule has 0 aromatic heterocycles. The van der Waals surface area contributed by atoms with Gasteiger partial charge in [-0.15, -0.1) is 0 Å². The molecule has 1 atom stereocenters. The number of amides is 1. The number of likely N-dealkylation sites (tertiary alicyclic amines) is 1. The van der Waals surface area contributed by atoms with Crippen LogP contribution in [0.1, 0.15) is 33.1 Å². The molecule has 0 spiro atoms. The smallest absolute Gasteiger partial charge is 0.241 e. The first-order valence-electron chi connectivity index (χ1n) is 7.82. The highest BCUT2D eigenvalue weighted by molar-refractivity contribution is 5.94. The van der Waals surface area contributed by atoms with Crippen LogP contribution in [0.15, 0.2) is 30.3 Å². The number of carbonyl (C=O) groups excluding carboxylic acids is 1. The van der Waals surface area contributed by atoms with E-state index in [1.165, 1.54) is 0 Å². The van der Waals surface area contributed by atoms with Gasteiger partial charge in [0.05, 0.1) is 12.1 Å². The van der Waals surface area contributed by atoms with E-state index >= 15 is 0 Å². The Morgan fingerprint density at radius 3 is 2.67 bits per heavy atom. The van der Waals surface area contributed by atoms with Gasteiger partial charge >= 0.3 is 0 Å². The van der Waals surface area contributed by atoms with Crippen molar-refractivity contribution in [1.82, 2.24) is 4.90 Å². The summed E-state index contributed by atoms with van der Waals surface area (Å²) in [7, 11) is 0. The molecule has 116 valence electrons. The minimum absolute atomic E-state index is 0.130. The van der Waals surface area contributed by atoms with E-state index in [-0.39, 0.29) is 5.91 Å². The Bertz CT molecular complexity index is 459. The fraction of sp³-hybridized carbons (Fsp3) is 0.588. The summed E-state index contributed by atoms with van der Waals surface area (Å²) in [6.45, 7) is 6.66. The second kappa shape index (κ2) is 7.05. The minimum Gasteiger partial charge on any atom is -0.390 e. The van der Waals surface area contributed by atoms with Crippen molar-refractivity contribution >= 4 is 11.6 Å². The van der Waals surface area contributed by atoms with E-state index in [1.54, 1.807) is 0 Å². The standard InChI is InChI=1S/C17H26N2O2/c1-3-19(15-8-5-4-6-9-15)16(20)14-18-12-7-10-17(2,21)11-13-18/h4-6,8-9,21H,3,7,10-14H2,1-2H3. The first-order chi connectivity index (χ1) is 10.0. The zero-order valence-corrected chi connectivity index (χ0v) is 13.1. The van der Waals surface area contributed by atoms with Crippen molar-refractivity contribution in [2.45, 2.75) is 38.7 Å². The van der Waals surface area contributed by atoms with Gasteiger partial charge in [-0.05, 0) is 51.8 Å². The van der Waals surface area contributed by atoms with Crippen molar-refractivity contribution in [3.8, 4) is 0 Å². The molecule has 2 rings (SSSR count). The van der Waals surface area contributed by atoms with Crippen LogP contribution in [-0.4, -0.2) is 47.7 Å². The van der Waals surface area contributed by atoms with E-state index in [4.69, 9.17) is 0 Å². The SMILES string of the molecule is CCN(C(=O)CN1CCCC(C)(O)CC1)c1ccccc1. The van der Waals surface area contributed by atoms with Crippen molar-refractivity contribution in [2.24, 2.45) is 0 Å². The predicted molar refractivity (Wildman–Crippen MR) is 85.4 cm³/mol. The van der Waals surface area contributed by atoms with Crippen LogP contribution in [-0.2, 0) is 4.79 Å². The van der Waals surface area contributed by atoms with Gasteiger partial charge in [0, 0.05) is 18.8 Å². The molecule has 1 aromatic carbocycles. The number of anilines is 1. The Labute approximate surface area is 127 Å². The molecule has 0 saturated carbocycles. The zero-order chi connectivity index (χ0) is 15.3. The molecule has 1 N–H and O–H groups in total. The molecular formula is C17H26N2O2. The number of rotatable bonds is 4. The van der Waals surface area contributed by atoms with Gasteiger partial charge in [0.2, 0.25) is 5.91 Å². The monoisotopic (exact) mass is 290 g/mol. The largest absolute Gasteiger partial charge is 0.390 e. The molecule has 1 heterocycles. The highest BCUT2D eigenvalue weighted by Gasteiger charge is 2.26. The molecule has 1 aromatic rings. The number of carbonyl (C=O) groups is 1. The maximum absolute atomic E-state index is 12.5. The van der Waals surface area contributed by atoms with E-state index in [1.807, 2.05) is 49.1 Å². The molecule has 1 fully saturated rings. The van der Waals surface area contributed by atoms with Gasteiger partial charge < -0.3 is 10.0 Å². The van der Waals surface area contributed by atoms with Crippen LogP contribution in [0.5, 0.6) is 0 Å². The fourth-order valence-corrected chi connectivity index (χ4v) is 2.86. The maximum atomic E-state index is 12.5. The lowest BCUT2D eigenvalue weighted by molar-refractivity contribution is -0.119. The summed E-state index contributed by atoms with van der Waals surface area (Å²) in [6.07, 6.45) is 2.49. The van der Waals surface area contributed by atoms with E-state index < -0.39 is 5.60 Å². The van der Waals surface area contributed by atoms with E-state index in [2.05, 4.69) is 4.90 Å². The third kappa shape index (κ3) is 4.55. The summed E-state index contributed by atoms with van der Waals surface area (Å²) in [5, 5.41) is 10.1. The summed E-state index contributed by atoms with van der Waals surface area (Å²) in [5.74, 6) is 0.130. The number of hydrogen-bond donors (Lipinski definition) is 1. The second-order valence-electron chi connectivity index (χ2n) is 6.10. The van der Waals surface area contributed by atoms with Gasteiger partial charge in [0.25, 0.3) is 0 Å². The number of aliphatic hydroxyl groups is 1. The Balaban J connectivity index is 1.97. The van der Waals surface area contributed by atoms with Gasteiger partial charge in [-0.3, -0.25) is 9.69 Å². The Kier molecular flexibility index (Phi) is 5.37. The molecule has 1 saturated heterocycles. The van der Waals surface area contributed by atoms with Crippen molar-refractivity contribution in [2.75, 3.05) is 31.1 Å². The Morgan fingerprint density at radius 2 is 2.00 bits per heavy atom. The van der Waals surface area contributed by atoms with Gasteiger partial charge in [0.1, 0.15) is 0 Å². The third-order valence-corrected chi connectivity index (χ3v) is 4.20. The first kappa shape index (κ1) is 16.0. The second-order valence-corrected chi connectivity index (χ2v) is 6.10. The maximum Gasteiger partial charge on any atom is 0.241 e. The topological polar surface area (TPSA) is 43.8 Å². The lowest BCUT2D eigenvalue weighted by Gasteiger charge is -2.26. The molecule has 0 aliphatic carbocycles. The lowest BCUT2D eigenvalue weighted by Crippen LogP contribution is -2.41. The van der Waals surface area contributed by atoms with Crippen LogP contribution in [0, 0.1) is 0 Å². The van der Waals surface area contributed by atoms with Crippen LogP contribution >= 0.6 is 0 Å². The average Bonchev–Trinajstić information content (AvgIpc) is 2.62. The van der Waals surface area contributed by atoms with Crippen molar-refractivity contribution in [3.63, 3.8) is 0 Å². The molecule has 1 aliphatic rings. The van der Waals surface area contributed by atoms with Crippen LogP contribution in [0.2, 0.25) is 0 Å². The highest BCUT2D eigenvalue weighted by atomic mass is 16.3. The average molecular weight is 290 g/mol. The van der Waals surface area contributed by atoms with Crippen LogP contribution in [0.4, 0.5) is 5.69 Å². The Morgan fingerprint density at radius 1 is 1.29 bits per heavy atom. The molecular weight excluding hydrogens is 264 g/mol. The summed E-state index contributed by atoms with van der Waals surface area (Å²) in [5.41, 5.74) is 0.369. The van der Waals surface area contributed by atoms with Crippen molar-refractivity contribution in [3.05, 3.63) is 30.3 Å². The molecule has 0 bridgehead atoms. The van der Waals surface area contributed by atoms with E-state index in [9.17, 15) is 9.90 Å². The molecule has 4 heteroatoms. The molecule has 1 amide bonds.